The van der Waals surface area contributed by atoms with Gasteiger partial charge in [-0.2, -0.15) is 0 Å². The quantitative estimate of drug-likeness (QED) is 0.365. The van der Waals surface area contributed by atoms with Gasteiger partial charge in [0.15, 0.2) is 5.96 Å². The van der Waals surface area contributed by atoms with Crippen LogP contribution in [0.25, 0.3) is 0 Å². The van der Waals surface area contributed by atoms with Crippen molar-refractivity contribution in [3.8, 4) is 0 Å². The van der Waals surface area contributed by atoms with Crippen molar-refractivity contribution in [2.24, 2.45) is 10.9 Å². The molecule has 0 bridgehead atoms. The Labute approximate surface area is 163 Å². The zero-order valence-corrected chi connectivity index (χ0v) is 17.1. The van der Waals surface area contributed by atoms with Crippen LogP contribution in [0.2, 0.25) is 0 Å². The Balaban J connectivity index is 1.93. The van der Waals surface area contributed by atoms with E-state index < -0.39 is 0 Å². The molecule has 1 N–H and O–H groups in total. The zero-order valence-electron chi connectivity index (χ0n) is 17.1. The molecule has 1 aliphatic rings. The lowest BCUT2D eigenvalue weighted by Crippen LogP contribution is -2.40. The maximum absolute atomic E-state index is 5.70. The highest BCUT2D eigenvalue weighted by atomic mass is 16.5. The second-order valence-electron chi connectivity index (χ2n) is 6.74. The number of aliphatic imine (C=N–C) groups is 1. The first kappa shape index (κ1) is 21.7. The monoisotopic (exact) mass is 377 g/mol. The average Bonchev–Trinajstić information content (AvgIpc) is 3.16. The zero-order chi connectivity index (χ0) is 19.3. The Morgan fingerprint density at radius 1 is 1.19 bits per heavy atom. The van der Waals surface area contributed by atoms with Gasteiger partial charge in [-0.05, 0) is 31.4 Å². The summed E-state index contributed by atoms with van der Waals surface area (Å²) in [7, 11) is 1.70. The molecule has 1 saturated heterocycles. The summed E-state index contributed by atoms with van der Waals surface area (Å²) in [6, 6.07) is 8.38. The van der Waals surface area contributed by atoms with E-state index in [1.54, 1.807) is 7.11 Å². The number of nitrogens with zero attached hydrogens (tertiary/aromatic N) is 2. The Bertz CT molecular complexity index is 565. The van der Waals surface area contributed by atoms with Crippen molar-refractivity contribution in [1.29, 1.82) is 0 Å². The molecular weight excluding hydrogens is 342 g/mol. The topological polar surface area (TPSA) is 55.3 Å². The molecule has 27 heavy (non-hydrogen) atoms. The molecule has 1 aromatic carbocycles. The SMILES string of the molecule is CCNC(=NCc1ccccc1COCC)N1CCC(COCCOC)C1. The van der Waals surface area contributed by atoms with Crippen LogP contribution in [0.4, 0.5) is 0 Å². The Kier molecular flexibility index (Phi) is 10.2. The summed E-state index contributed by atoms with van der Waals surface area (Å²) in [5, 5.41) is 3.44. The third-order valence-electron chi connectivity index (χ3n) is 4.68. The number of likely N-dealkylation sites (tertiary alicyclic amines) is 1. The normalized spacial score (nSPS) is 17.5. The van der Waals surface area contributed by atoms with Gasteiger partial charge in [0.2, 0.25) is 0 Å². The Morgan fingerprint density at radius 3 is 2.74 bits per heavy atom. The molecule has 1 aliphatic heterocycles. The van der Waals surface area contributed by atoms with E-state index in [0.717, 1.165) is 45.2 Å². The minimum atomic E-state index is 0.552. The maximum atomic E-state index is 5.70. The molecule has 0 saturated carbocycles. The van der Waals surface area contributed by atoms with Gasteiger partial charge in [-0.3, -0.25) is 0 Å². The second-order valence-corrected chi connectivity index (χ2v) is 6.74. The van der Waals surface area contributed by atoms with Crippen LogP contribution in [0, 0.1) is 5.92 Å². The van der Waals surface area contributed by atoms with Gasteiger partial charge >= 0.3 is 0 Å². The number of nitrogens with one attached hydrogen (secondary N) is 1. The van der Waals surface area contributed by atoms with E-state index >= 15 is 0 Å². The number of methoxy groups -OCH3 is 1. The number of benzene rings is 1. The third-order valence-corrected chi connectivity index (χ3v) is 4.68. The highest BCUT2D eigenvalue weighted by Gasteiger charge is 2.25. The molecule has 2 rings (SSSR count). The Hall–Kier alpha value is -1.63. The molecule has 1 fully saturated rings. The summed E-state index contributed by atoms with van der Waals surface area (Å²) in [4.78, 5) is 7.24. The van der Waals surface area contributed by atoms with E-state index in [-0.39, 0.29) is 0 Å². The smallest absolute Gasteiger partial charge is 0.194 e. The lowest BCUT2D eigenvalue weighted by Gasteiger charge is -2.22. The van der Waals surface area contributed by atoms with Gasteiger partial charge < -0.3 is 24.4 Å². The van der Waals surface area contributed by atoms with Gasteiger partial charge in [-0.1, -0.05) is 24.3 Å². The van der Waals surface area contributed by atoms with Crippen LogP contribution < -0.4 is 5.32 Å². The summed E-state index contributed by atoms with van der Waals surface area (Å²) >= 11 is 0. The van der Waals surface area contributed by atoms with Crippen molar-refractivity contribution in [2.45, 2.75) is 33.4 Å². The van der Waals surface area contributed by atoms with Crippen LogP contribution in [0.5, 0.6) is 0 Å². The molecule has 1 heterocycles. The number of hydrogen-bond donors (Lipinski definition) is 1. The second kappa shape index (κ2) is 12.7. The lowest BCUT2D eigenvalue weighted by atomic mass is 10.1. The van der Waals surface area contributed by atoms with Crippen LogP contribution >= 0.6 is 0 Å². The van der Waals surface area contributed by atoms with Gasteiger partial charge in [0.05, 0.1) is 33.0 Å². The molecule has 1 unspecified atom stereocenters. The van der Waals surface area contributed by atoms with Gasteiger partial charge in [0, 0.05) is 39.3 Å². The summed E-state index contributed by atoms with van der Waals surface area (Å²) in [6.45, 7) is 11.1. The highest BCUT2D eigenvalue weighted by molar-refractivity contribution is 5.80. The number of rotatable bonds is 11. The van der Waals surface area contributed by atoms with Crippen LogP contribution in [0.3, 0.4) is 0 Å². The van der Waals surface area contributed by atoms with Gasteiger partial charge in [0.1, 0.15) is 0 Å². The molecule has 0 aliphatic carbocycles. The van der Waals surface area contributed by atoms with Crippen LogP contribution in [0.15, 0.2) is 29.3 Å². The van der Waals surface area contributed by atoms with E-state index in [1.807, 2.05) is 6.92 Å². The average molecular weight is 378 g/mol. The van der Waals surface area contributed by atoms with Gasteiger partial charge in [-0.25, -0.2) is 4.99 Å². The lowest BCUT2D eigenvalue weighted by molar-refractivity contribution is 0.0536. The largest absolute Gasteiger partial charge is 0.382 e. The fourth-order valence-corrected chi connectivity index (χ4v) is 3.20. The predicted molar refractivity (Wildman–Crippen MR) is 109 cm³/mol. The standard InChI is InChI=1S/C21H35N3O3/c1-4-22-21(24-11-10-18(15-24)16-27-13-12-25-3)23-14-19-8-6-7-9-20(19)17-26-5-2/h6-9,18H,4-5,10-17H2,1-3H3,(H,22,23). The molecule has 1 atom stereocenters. The van der Waals surface area contributed by atoms with Crippen molar-refractivity contribution < 1.29 is 14.2 Å². The summed E-state index contributed by atoms with van der Waals surface area (Å²) in [5.74, 6) is 1.54. The molecule has 0 radical (unpaired) electrons. The minimum Gasteiger partial charge on any atom is -0.382 e. The molecule has 6 nitrogen and oxygen atoms in total. The molecular formula is C21H35N3O3. The van der Waals surface area contributed by atoms with Crippen LogP contribution in [-0.2, 0) is 27.4 Å². The van der Waals surface area contributed by atoms with Crippen molar-refractivity contribution in [3.05, 3.63) is 35.4 Å². The van der Waals surface area contributed by atoms with Crippen molar-refractivity contribution in [2.75, 3.05) is 53.2 Å². The molecule has 0 spiro atoms. The minimum absolute atomic E-state index is 0.552. The first-order chi connectivity index (χ1) is 13.3. The first-order valence-corrected chi connectivity index (χ1v) is 10.0. The molecule has 0 aromatic heterocycles. The summed E-state index contributed by atoms with van der Waals surface area (Å²) in [5.41, 5.74) is 2.43. The fourth-order valence-electron chi connectivity index (χ4n) is 3.20. The highest BCUT2D eigenvalue weighted by Crippen LogP contribution is 2.17. The number of hydrogen-bond acceptors (Lipinski definition) is 4. The number of guanidine groups is 1. The summed E-state index contributed by atoms with van der Waals surface area (Å²) < 4.78 is 16.3. The maximum Gasteiger partial charge on any atom is 0.194 e. The van der Waals surface area contributed by atoms with Crippen molar-refractivity contribution in [1.82, 2.24) is 10.2 Å². The third kappa shape index (κ3) is 7.48. The fraction of sp³-hybridized carbons (Fsp3) is 0.667. The number of ether oxygens (including phenoxy) is 3. The molecule has 152 valence electrons. The van der Waals surface area contributed by atoms with E-state index in [0.29, 0.717) is 32.3 Å². The predicted octanol–water partition coefficient (Wildman–Crippen LogP) is 2.67. The molecule has 0 amide bonds. The Morgan fingerprint density at radius 2 is 2.00 bits per heavy atom. The van der Waals surface area contributed by atoms with E-state index in [4.69, 9.17) is 19.2 Å². The summed E-state index contributed by atoms with van der Waals surface area (Å²) in [6.07, 6.45) is 1.14. The van der Waals surface area contributed by atoms with Gasteiger partial charge in [0.25, 0.3) is 0 Å². The van der Waals surface area contributed by atoms with Crippen molar-refractivity contribution >= 4 is 5.96 Å². The van der Waals surface area contributed by atoms with E-state index in [2.05, 4.69) is 41.4 Å². The van der Waals surface area contributed by atoms with E-state index in [9.17, 15) is 0 Å². The molecule has 1 aromatic rings. The van der Waals surface area contributed by atoms with Crippen LogP contribution in [-0.4, -0.2) is 64.0 Å². The van der Waals surface area contributed by atoms with Crippen LogP contribution in [0.1, 0.15) is 31.4 Å². The first-order valence-electron chi connectivity index (χ1n) is 10.0. The van der Waals surface area contributed by atoms with Gasteiger partial charge in [-0.15, -0.1) is 0 Å². The molecule has 6 heteroatoms. The van der Waals surface area contributed by atoms with Crippen molar-refractivity contribution in [3.63, 3.8) is 0 Å². The van der Waals surface area contributed by atoms with E-state index in [1.165, 1.54) is 11.1 Å².